The van der Waals surface area contributed by atoms with Gasteiger partial charge in [0.2, 0.25) is 0 Å². The van der Waals surface area contributed by atoms with Crippen LogP contribution in [0.1, 0.15) is 23.1 Å². The molecule has 1 N–H and O–H groups in total. The summed E-state index contributed by atoms with van der Waals surface area (Å²) in [4.78, 5) is 16.5. The molecule has 0 fully saturated rings. The minimum Gasteiger partial charge on any atom is -0.477 e. The number of hydrogen-bond acceptors (Lipinski definition) is 4. The summed E-state index contributed by atoms with van der Waals surface area (Å²) in [5.41, 5.74) is 2.96. The van der Waals surface area contributed by atoms with E-state index < -0.39 is 5.97 Å². The number of aromatic carboxylic acids is 1. The summed E-state index contributed by atoms with van der Waals surface area (Å²) in [6.45, 7) is 4.85. The van der Waals surface area contributed by atoms with E-state index in [2.05, 4.69) is 14.6 Å². The third-order valence-corrected chi connectivity index (χ3v) is 5.85. The number of nitrogens with zero attached hydrogens (tertiary/aromatic N) is 4. The molecule has 0 saturated carbocycles. The third-order valence-electron chi connectivity index (χ3n) is 4.46. The molecule has 0 aliphatic carbocycles. The van der Waals surface area contributed by atoms with E-state index in [-0.39, 0.29) is 5.69 Å². The number of fused-ring (bicyclic) bond motifs is 1. The van der Waals surface area contributed by atoms with Crippen LogP contribution in [0.5, 0.6) is 0 Å². The van der Waals surface area contributed by atoms with Gasteiger partial charge in [-0.25, -0.2) is 9.78 Å². The molecule has 0 amide bonds. The molecular weight excluding hydrogens is 396 g/mol. The van der Waals surface area contributed by atoms with Gasteiger partial charge in [-0.1, -0.05) is 35.5 Å². The van der Waals surface area contributed by atoms with Gasteiger partial charge in [-0.05, 0) is 38.1 Å². The minimum absolute atomic E-state index is 0.0265. The molecule has 3 aromatic heterocycles. The van der Waals surface area contributed by atoms with Crippen molar-refractivity contribution in [1.82, 2.24) is 19.3 Å². The maximum Gasteiger partial charge on any atom is 0.354 e. The van der Waals surface area contributed by atoms with Crippen LogP contribution in [0.2, 0.25) is 5.02 Å². The summed E-state index contributed by atoms with van der Waals surface area (Å²) in [5.74, 6) is -1.04. The zero-order chi connectivity index (χ0) is 19.8. The smallest absolute Gasteiger partial charge is 0.354 e. The SMILES string of the molecule is CCn1cc(-n2c(C)c(Sc3cccc(C(=O)O)n3)c3ccc(Cl)cc32)cn1. The molecule has 0 saturated heterocycles. The number of carboxylic acid groups (broad SMARTS) is 1. The third kappa shape index (κ3) is 3.27. The maximum absolute atomic E-state index is 11.2. The van der Waals surface area contributed by atoms with E-state index >= 15 is 0 Å². The van der Waals surface area contributed by atoms with Crippen molar-refractivity contribution in [3.8, 4) is 5.69 Å². The first-order valence-electron chi connectivity index (χ1n) is 8.69. The van der Waals surface area contributed by atoms with E-state index in [9.17, 15) is 9.90 Å². The van der Waals surface area contributed by atoms with E-state index in [0.29, 0.717) is 10.0 Å². The monoisotopic (exact) mass is 412 g/mol. The highest BCUT2D eigenvalue weighted by Crippen LogP contribution is 2.39. The van der Waals surface area contributed by atoms with E-state index in [1.807, 2.05) is 55.2 Å². The first-order valence-corrected chi connectivity index (χ1v) is 9.89. The molecular formula is C20H17ClN4O2S. The summed E-state index contributed by atoms with van der Waals surface area (Å²) in [5, 5.41) is 15.9. The molecule has 28 heavy (non-hydrogen) atoms. The molecule has 0 unspecified atom stereocenters. The topological polar surface area (TPSA) is 72.9 Å². The van der Waals surface area contributed by atoms with Gasteiger partial charge >= 0.3 is 5.97 Å². The number of carboxylic acids is 1. The second kappa shape index (κ2) is 7.33. The van der Waals surface area contributed by atoms with Crippen LogP contribution in [0.25, 0.3) is 16.6 Å². The van der Waals surface area contributed by atoms with Gasteiger partial charge < -0.3 is 9.67 Å². The number of halogens is 1. The molecule has 0 radical (unpaired) electrons. The van der Waals surface area contributed by atoms with Crippen LogP contribution in [-0.4, -0.2) is 30.4 Å². The first kappa shape index (κ1) is 18.6. The average Bonchev–Trinajstić information content (AvgIpc) is 3.25. The minimum atomic E-state index is -1.04. The Morgan fingerprint density at radius 3 is 2.82 bits per heavy atom. The maximum atomic E-state index is 11.2. The standard InChI is InChI=1S/C20H17ClN4O2S/c1-3-24-11-14(10-22-24)25-12(2)19(15-8-7-13(21)9-17(15)25)28-18-6-4-5-16(23-18)20(26)27/h4-11H,3H2,1-2H3,(H,26,27). The number of aromatic nitrogens is 4. The Kier molecular flexibility index (Phi) is 4.87. The number of aryl methyl sites for hydroxylation is 1. The van der Waals surface area contributed by atoms with Gasteiger partial charge in [0.1, 0.15) is 10.7 Å². The quantitative estimate of drug-likeness (QED) is 0.496. The van der Waals surface area contributed by atoms with Crippen LogP contribution in [0.4, 0.5) is 0 Å². The van der Waals surface area contributed by atoms with Crippen molar-refractivity contribution < 1.29 is 9.90 Å². The van der Waals surface area contributed by atoms with Gasteiger partial charge in [0.05, 0.1) is 17.4 Å². The van der Waals surface area contributed by atoms with Crippen LogP contribution < -0.4 is 0 Å². The Morgan fingerprint density at radius 1 is 1.29 bits per heavy atom. The first-order chi connectivity index (χ1) is 13.5. The van der Waals surface area contributed by atoms with Gasteiger partial charge in [-0.15, -0.1) is 0 Å². The molecule has 3 heterocycles. The lowest BCUT2D eigenvalue weighted by molar-refractivity contribution is 0.0689. The molecule has 0 aliphatic rings. The lowest BCUT2D eigenvalue weighted by Gasteiger charge is -2.06. The largest absolute Gasteiger partial charge is 0.477 e. The van der Waals surface area contributed by atoms with Crippen LogP contribution >= 0.6 is 23.4 Å². The zero-order valence-corrected chi connectivity index (χ0v) is 16.8. The lowest BCUT2D eigenvalue weighted by atomic mass is 10.2. The summed E-state index contributed by atoms with van der Waals surface area (Å²) in [6, 6.07) is 10.8. The summed E-state index contributed by atoms with van der Waals surface area (Å²) in [7, 11) is 0. The van der Waals surface area contributed by atoms with Crippen LogP contribution in [0.15, 0.2) is 58.7 Å². The molecule has 6 nitrogen and oxygen atoms in total. The average molecular weight is 413 g/mol. The summed E-state index contributed by atoms with van der Waals surface area (Å²) < 4.78 is 3.99. The number of carbonyl (C=O) groups is 1. The zero-order valence-electron chi connectivity index (χ0n) is 15.3. The second-order valence-electron chi connectivity index (χ2n) is 6.23. The summed E-state index contributed by atoms with van der Waals surface area (Å²) >= 11 is 7.71. The summed E-state index contributed by atoms with van der Waals surface area (Å²) in [6.07, 6.45) is 3.82. The molecule has 4 rings (SSSR count). The molecule has 0 aliphatic heterocycles. The Hall–Kier alpha value is -2.77. The Morgan fingerprint density at radius 2 is 2.11 bits per heavy atom. The second-order valence-corrected chi connectivity index (χ2v) is 7.70. The van der Waals surface area contributed by atoms with E-state index in [1.54, 1.807) is 6.07 Å². The van der Waals surface area contributed by atoms with E-state index in [0.717, 1.165) is 33.7 Å². The van der Waals surface area contributed by atoms with Gasteiger partial charge in [0.25, 0.3) is 0 Å². The lowest BCUT2D eigenvalue weighted by Crippen LogP contribution is -2.00. The van der Waals surface area contributed by atoms with Gasteiger partial charge in [0.15, 0.2) is 0 Å². The van der Waals surface area contributed by atoms with Crippen LogP contribution in [-0.2, 0) is 6.54 Å². The molecule has 0 atom stereocenters. The van der Waals surface area contributed by atoms with E-state index in [4.69, 9.17) is 11.6 Å². The van der Waals surface area contributed by atoms with Crippen molar-refractivity contribution in [2.45, 2.75) is 30.3 Å². The molecule has 8 heteroatoms. The van der Waals surface area contributed by atoms with Crippen molar-refractivity contribution >= 4 is 40.2 Å². The fraction of sp³-hybridized carbons (Fsp3) is 0.150. The van der Waals surface area contributed by atoms with E-state index in [1.165, 1.54) is 17.8 Å². The Bertz CT molecular complexity index is 1200. The van der Waals surface area contributed by atoms with Crippen LogP contribution in [0.3, 0.4) is 0 Å². The van der Waals surface area contributed by atoms with Crippen molar-refractivity contribution in [2.75, 3.05) is 0 Å². The highest BCUT2D eigenvalue weighted by atomic mass is 35.5. The van der Waals surface area contributed by atoms with Crippen LogP contribution in [0, 0.1) is 6.92 Å². The predicted octanol–water partition coefficient (Wildman–Crippen LogP) is 5.05. The van der Waals surface area contributed by atoms with Crippen molar-refractivity contribution in [3.63, 3.8) is 0 Å². The van der Waals surface area contributed by atoms with Gasteiger partial charge in [-0.3, -0.25) is 4.68 Å². The highest BCUT2D eigenvalue weighted by Gasteiger charge is 2.18. The van der Waals surface area contributed by atoms with Crippen molar-refractivity contribution in [3.05, 3.63) is 65.2 Å². The van der Waals surface area contributed by atoms with Gasteiger partial charge in [0, 0.05) is 33.7 Å². The Balaban J connectivity index is 1.88. The van der Waals surface area contributed by atoms with Crippen molar-refractivity contribution in [1.29, 1.82) is 0 Å². The van der Waals surface area contributed by atoms with Crippen molar-refractivity contribution in [2.24, 2.45) is 0 Å². The Labute approximate surface area is 170 Å². The molecule has 4 aromatic rings. The molecule has 0 bridgehead atoms. The molecule has 1 aromatic carbocycles. The molecule has 0 spiro atoms. The number of rotatable bonds is 5. The number of hydrogen-bond donors (Lipinski definition) is 1. The highest BCUT2D eigenvalue weighted by molar-refractivity contribution is 7.99. The number of pyridine rings is 1. The molecule has 142 valence electrons. The number of benzene rings is 1. The predicted molar refractivity (Wildman–Crippen MR) is 110 cm³/mol. The fourth-order valence-electron chi connectivity index (χ4n) is 3.16. The van der Waals surface area contributed by atoms with Gasteiger partial charge in [-0.2, -0.15) is 5.10 Å². The fourth-order valence-corrected chi connectivity index (χ4v) is 4.34. The normalized spacial score (nSPS) is 11.2.